The van der Waals surface area contributed by atoms with Crippen LogP contribution in [-0.4, -0.2) is 25.1 Å². The highest BCUT2D eigenvalue weighted by atomic mass is 32.1. The Morgan fingerprint density at radius 1 is 1.09 bits per heavy atom. The number of hydrogen-bond donors (Lipinski definition) is 0. The number of benzene rings is 2. The van der Waals surface area contributed by atoms with Crippen molar-refractivity contribution >= 4 is 22.7 Å². The topological polar surface area (TPSA) is 79.0 Å². The number of ketones is 1. The van der Waals surface area contributed by atoms with Crippen molar-refractivity contribution in [1.82, 2.24) is 19.3 Å². The molecule has 0 bridgehead atoms. The van der Waals surface area contributed by atoms with Crippen LogP contribution in [0.2, 0.25) is 0 Å². The first-order valence-electron chi connectivity index (χ1n) is 10.1. The first-order chi connectivity index (χ1) is 16.3. The molecule has 0 spiro atoms. The van der Waals surface area contributed by atoms with Gasteiger partial charge in [0.05, 0.1) is 17.9 Å². The molecule has 0 radical (unpaired) electrons. The van der Waals surface area contributed by atoms with Crippen molar-refractivity contribution in [3.05, 3.63) is 93.0 Å². The number of allylic oxidation sites excluding steroid dienone is 2. The Morgan fingerprint density at radius 3 is 2.50 bits per heavy atom. The molecular formula is C23H15F3N4O3S. The van der Waals surface area contributed by atoms with Crippen molar-refractivity contribution in [2.24, 2.45) is 0 Å². The van der Waals surface area contributed by atoms with Gasteiger partial charge in [-0.2, -0.15) is 9.78 Å². The number of carbonyl (C=O) groups is 1. The van der Waals surface area contributed by atoms with E-state index < -0.39 is 23.1 Å². The molecule has 7 nitrogen and oxygen atoms in total. The lowest BCUT2D eigenvalue weighted by atomic mass is 9.98. The molecule has 172 valence electrons. The average molecular weight is 484 g/mol. The molecule has 0 amide bonds. The fourth-order valence-corrected chi connectivity index (χ4v) is 4.33. The third-order valence-electron chi connectivity index (χ3n) is 5.21. The third-order valence-corrected chi connectivity index (χ3v) is 6.33. The Morgan fingerprint density at radius 2 is 1.82 bits per heavy atom. The minimum atomic E-state index is -0.783. The van der Waals surface area contributed by atoms with Crippen molar-refractivity contribution in [1.29, 1.82) is 0 Å². The summed E-state index contributed by atoms with van der Waals surface area (Å²) < 4.78 is 50.2. The molecule has 0 fully saturated rings. The number of carbonyl (C=O) groups excluding carboxylic acids is 1. The lowest BCUT2D eigenvalue weighted by Gasteiger charge is -2.09. The van der Waals surface area contributed by atoms with E-state index in [1.165, 1.54) is 35.6 Å². The van der Waals surface area contributed by atoms with Crippen LogP contribution in [0.3, 0.4) is 0 Å². The second-order valence-electron chi connectivity index (χ2n) is 7.57. The van der Waals surface area contributed by atoms with E-state index in [0.29, 0.717) is 22.2 Å². The Hall–Kier alpha value is -3.99. The van der Waals surface area contributed by atoms with Crippen LogP contribution in [-0.2, 0) is 11.3 Å². The first-order valence-corrected chi connectivity index (χ1v) is 10.9. The van der Waals surface area contributed by atoms with Crippen LogP contribution < -0.4 is 10.4 Å². The van der Waals surface area contributed by atoms with Crippen molar-refractivity contribution in [2.75, 3.05) is 0 Å². The highest BCUT2D eigenvalue weighted by molar-refractivity contribution is 7.14. The third kappa shape index (κ3) is 3.94. The highest BCUT2D eigenvalue weighted by Crippen LogP contribution is 2.38. The van der Waals surface area contributed by atoms with Crippen molar-refractivity contribution < 1.29 is 22.7 Å². The number of halogens is 3. The maximum atomic E-state index is 14.8. The van der Waals surface area contributed by atoms with Gasteiger partial charge in [0.25, 0.3) is 0 Å². The summed E-state index contributed by atoms with van der Waals surface area (Å²) >= 11 is 1.21. The Labute approximate surface area is 194 Å². The number of hydrogen-bond acceptors (Lipinski definition) is 6. The highest BCUT2D eigenvalue weighted by Gasteiger charge is 2.22. The maximum Gasteiger partial charge on any atom is 0.350 e. The fraction of sp³-hybridized carbons (Fsp3) is 0.130. The molecule has 0 saturated carbocycles. The van der Waals surface area contributed by atoms with Gasteiger partial charge < -0.3 is 4.74 Å². The fourth-order valence-electron chi connectivity index (χ4n) is 3.38. The van der Waals surface area contributed by atoms with Gasteiger partial charge in [0, 0.05) is 18.1 Å². The SMILES string of the molecule is Cc1nc(C2=CC(=O)C2)sc1Oc1ccc(-n2ncn(Cc3c(F)cccc3F)c2=O)cc1F. The number of nitrogens with zero attached hydrogens (tertiary/aromatic N) is 4. The predicted octanol–water partition coefficient (Wildman–Crippen LogP) is 4.41. The summed E-state index contributed by atoms with van der Waals surface area (Å²) in [4.78, 5) is 28.2. The molecule has 2 heterocycles. The summed E-state index contributed by atoms with van der Waals surface area (Å²) in [7, 11) is 0. The lowest BCUT2D eigenvalue weighted by Crippen LogP contribution is -2.24. The monoisotopic (exact) mass is 484 g/mol. The largest absolute Gasteiger partial charge is 0.442 e. The maximum absolute atomic E-state index is 14.8. The van der Waals surface area contributed by atoms with Crippen LogP contribution in [0.25, 0.3) is 11.3 Å². The summed E-state index contributed by atoms with van der Waals surface area (Å²) in [6, 6.07) is 7.27. The molecule has 4 aromatic rings. The summed E-state index contributed by atoms with van der Waals surface area (Å²) in [6.45, 7) is 1.35. The van der Waals surface area contributed by atoms with Gasteiger partial charge in [-0.15, -0.1) is 0 Å². The Bertz CT molecular complexity index is 1520. The molecule has 0 N–H and O–H groups in total. The van der Waals surface area contributed by atoms with Crippen molar-refractivity contribution in [2.45, 2.75) is 19.9 Å². The van der Waals surface area contributed by atoms with Crippen LogP contribution in [0.1, 0.15) is 22.7 Å². The summed E-state index contributed by atoms with van der Waals surface area (Å²) in [6.07, 6.45) is 2.95. The molecule has 5 rings (SSSR count). The summed E-state index contributed by atoms with van der Waals surface area (Å²) in [5, 5.41) is 4.96. The van der Waals surface area contributed by atoms with Crippen molar-refractivity contribution in [3.8, 4) is 16.5 Å². The summed E-state index contributed by atoms with van der Waals surface area (Å²) in [5.74, 6) is -2.36. The second kappa shape index (κ2) is 8.41. The van der Waals surface area contributed by atoms with Gasteiger partial charge in [-0.05, 0) is 42.8 Å². The molecule has 2 aromatic heterocycles. The van der Waals surface area contributed by atoms with E-state index >= 15 is 0 Å². The molecule has 2 aromatic carbocycles. The lowest BCUT2D eigenvalue weighted by molar-refractivity contribution is -0.114. The van der Waals surface area contributed by atoms with Crippen LogP contribution >= 0.6 is 11.3 Å². The molecule has 11 heteroatoms. The minimum Gasteiger partial charge on any atom is -0.442 e. The van der Waals surface area contributed by atoms with Gasteiger partial charge in [0.1, 0.15) is 23.0 Å². The molecular weight excluding hydrogens is 469 g/mol. The van der Waals surface area contributed by atoms with E-state index in [0.717, 1.165) is 39.3 Å². The number of ether oxygens (including phenoxy) is 1. The molecule has 0 atom stereocenters. The molecule has 1 aliphatic carbocycles. The van der Waals surface area contributed by atoms with E-state index in [1.807, 2.05) is 0 Å². The predicted molar refractivity (Wildman–Crippen MR) is 118 cm³/mol. The molecule has 0 aliphatic heterocycles. The van der Waals surface area contributed by atoms with Gasteiger partial charge in [-0.1, -0.05) is 17.4 Å². The van der Waals surface area contributed by atoms with Crippen LogP contribution in [0, 0.1) is 24.4 Å². The molecule has 0 saturated heterocycles. The summed E-state index contributed by atoms with van der Waals surface area (Å²) in [5.41, 5.74) is 0.512. The zero-order valence-corrected chi connectivity index (χ0v) is 18.4. The van der Waals surface area contributed by atoms with E-state index in [9.17, 15) is 22.8 Å². The van der Waals surface area contributed by atoms with Gasteiger partial charge >= 0.3 is 5.69 Å². The van der Waals surface area contributed by atoms with Crippen LogP contribution in [0.5, 0.6) is 10.8 Å². The zero-order chi connectivity index (χ0) is 24.0. The second-order valence-corrected chi connectivity index (χ2v) is 8.54. The Kier molecular flexibility index (Phi) is 5.40. The number of aromatic nitrogens is 4. The molecule has 1 aliphatic rings. The van der Waals surface area contributed by atoms with Crippen LogP contribution in [0.4, 0.5) is 13.2 Å². The van der Waals surface area contributed by atoms with Gasteiger partial charge in [-0.25, -0.2) is 22.9 Å². The standard InChI is InChI=1S/C23H15F3N4O3S/c1-12-22(34-21(28-12)13-7-15(31)8-13)33-20-6-5-14(9-19(20)26)30-23(32)29(11-27-30)10-16-17(24)3-2-4-18(16)25/h2-7,9,11H,8,10H2,1H3. The smallest absolute Gasteiger partial charge is 0.350 e. The van der Waals surface area contributed by atoms with E-state index in [2.05, 4.69) is 10.1 Å². The van der Waals surface area contributed by atoms with Gasteiger partial charge in [0.2, 0.25) is 5.06 Å². The molecule has 34 heavy (non-hydrogen) atoms. The minimum absolute atomic E-state index is 0.0312. The van der Waals surface area contributed by atoms with Gasteiger partial charge in [0.15, 0.2) is 17.3 Å². The van der Waals surface area contributed by atoms with Crippen LogP contribution in [0.15, 0.2) is 53.6 Å². The molecule has 0 unspecified atom stereocenters. The van der Waals surface area contributed by atoms with E-state index in [4.69, 9.17) is 4.74 Å². The normalized spacial score (nSPS) is 13.1. The number of thiazole rings is 1. The first kappa shape index (κ1) is 21.8. The number of rotatable bonds is 6. The number of aryl methyl sites for hydroxylation is 1. The van der Waals surface area contributed by atoms with Crippen molar-refractivity contribution in [3.63, 3.8) is 0 Å². The Balaban J connectivity index is 1.38. The van der Waals surface area contributed by atoms with Gasteiger partial charge in [-0.3, -0.25) is 9.36 Å². The average Bonchev–Trinajstić information content (AvgIpc) is 3.32. The quantitative estimate of drug-likeness (QED) is 0.405. The van der Waals surface area contributed by atoms with E-state index in [-0.39, 0.29) is 29.3 Å². The van der Waals surface area contributed by atoms with E-state index in [1.54, 1.807) is 6.92 Å². The zero-order valence-electron chi connectivity index (χ0n) is 17.6.